The molecular formula is C10H16N2OS2. The van der Waals surface area contributed by atoms with E-state index in [1.54, 1.807) is 23.1 Å². The lowest BCUT2D eigenvalue weighted by atomic mass is 10.2. The molecule has 0 aromatic carbocycles. The molecule has 3 nitrogen and oxygen atoms in total. The second kappa shape index (κ2) is 6.87. The Morgan fingerprint density at radius 3 is 3.13 bits per heavy atom. The van der Waals surface area contributed by atoms with Crippen molar-refractivity contribution >= 4 is 29.0 Å². The van der Waals surface area contributed by atoms with Gasteiger partial charge in [0.2, 0.25) is 5.91 Å². The molecule has 15 heavy (non-hydrogen) atoms. The van der Waals surface area contributed by atoms with Crippen LogP contribution in [-0.4, -0.2) is 24.0 Å². The molecule has 0 spiro atoms. The fourth-order valence-corrected chi connectivity index (χ4v) is 2.23. The normalized spacial score (nSPS) is 12.4. The smallest absolute Gasteiger partial charge is 0.237 e. The lowest BCUT2D eigenvalue weighted by Gasteiger charge is -2.10. The Morgan fingerprint density at radius 1 is 1.73 bits per heavy atom. The van der Waals surface area contributed by atoms with Crippen LogP contribution in [0.4, 0.5) is 0 Å². The Balaban J connectivity index is 2.23. The largest absolute Gasteiger partial charge is 0.350 e. The van der Waals surface area contributed by atoms with E-state index in [0.29, 0.717) is 6.54 Å². The van der Waals surface area contributed by atoms with Crippen molar-refractivity contribution in [1.82, 2.24) is 5.32 Å². The van der Waals surface area contributed by atoms with Crippen molar-refractivity contribution in [3.05, 3.63) is 22.4 Å². The van der Waals surface area contributed by atoms with Gasteiger partial charge >= 0.3 is 0 Å². The van der Waals surface area contributed by atoms with E-state index in [2.05, 4.69) is 5.32 Å². The van der Waals surface area contributed by atoms with E-state index in [-0.39, 0.29) is 11.9 Å². The van der Waals surface area contributed by atoms with E-state index in [1.165, 1.54) is 0 Å². The third-order valence-corrected chi connectivity index (χ3v) is 3.51. The first kappa shape index (κ1) is 12.5. The molecule has 0 saturated heterocycles. The van der Waals surface area contributed by atoms with Gasteiger partial charge in [0.25, 0.3) is 0 Å². The molecular weight excluding hydrogens is 228 g/mol. The van der Waals surface area contributed by atoms with Crippen molar-refractivity contribution < 1.29 is 4.79 Å². The molecule has 1 aromatic heterocycles. The minimum Gasteiger partial charge on any atom is -0.350 e. The number of carbonyl (C=O) groups is 1. The summed E-state index contributed by atoms with van der Waals surface area (Å²) in [5, 5.41) is 4.83. The minimum atomic E-state index is -0.377. The van der Waals surface area contributed by atoms with Gasteiger partial charge in [-0.3, -0.25) is 4.79 Å². The Bertz CT molecular complexity index is 288. The molecule has 0 unspecified atom stereocenters. The van der Waals surface area contributed by atoms with Crippen LogP contribution in [0.1, 0.15) is 11.3 Å². The molecule has 0 aliphatic rings. The van der Waals surface area contributed by atoms with E-state index in [9.17, 15) is 4.79 Å². The summed E-state index contributed by atoms with van der Waals surface area (Å²) in [6.45, 7) is 0.587. The van der Waals surface area contributed by atoms with Gasteiger partial charge in [-0.15, -0.1) is 11.3 Å². The zero-order valence-corrected chi connectivity index (χ0v) is 10.4. The van der Waals surface area contributed by atoms with Crippen molar-refractivity contribution in [2.75, 3.05) is 12.0 Å². The lowest BCUT2D eigenvalue weighted by molar-refractivity contribution is -0.122. The summed E-state index contributed by atoms with van der Waals surface area (Å²) in [5.41, 5.74) is 5.72. The number of nitrogens with one attached hydrogen (secondary N) is 1. The predicted octanol–water partition coefficient (Wildman–Crippen LogP) is 1.44. The topological polar surface area (TPSA) is 55.1 Å². The van der Waals surface area contributed by atoms with Crippen LogP contribution in [0.3, 0.4) is 0 Å². The van der Waals surface area contributed by atoms with Crippen molar-refractivity contribution in [1.29, 1.82) is 0 Å². The summed E-state index contributed by atoms with van der Waals surface area (Å²) in [5.74, 6) is 0.866. The van der Waals surface area contributed by atoms with Gasteiger partial charge in [0.15, 0.2) is 0 Å². The Morgan fingerprint density at radius 2 is 2.53 bits per heavy atom. The fraction of sp³-hybridized carbons (Fsp3) is 0.500. The average molecular weight is 244 g/mol. The second-order valence-corrected chi connectivity index (χ2v) is 5.20. The Kier molecular flexibility index (Phi) is 5.75. The van der Waals surface area contributed by atoms with E-state index in [1.807, 2.05) is 23.8 Å². The van der Waals surface area contributed by atoms with Crippen LogP contribution in [0.25, 0.3) is 0 Å². The summed E-state index contributed by atoms with van der Waals surface area (Å²) in [6, 6.07) is 3.59. The maximum Gasteiger partial charge on any atom is 0.237 e. The minimum absolute atomic E-state index is 0.0579. The Hall–Kier alpha value is -0.520. The quantitative estimate of drug-likeness (QED) is 0.796. The molecule has 0 radical (unpaired) electrons. The van der Waals surface area contributed by atoms with Crippen molar-refractivity contribution in [3.8, 4) is 0 Å². The molecule has 1 rings (SSSR count). The van der Waals surface area contributed by atoms with E-state index < -0.39 is 0 Å². The maximum absolute atomic E-state index is 11.5. The van der Waals surface area contributed by atoms with Crippen LogP contribution in [0.5, 0.6) is 0 Å². The fourth-order valence-electron chi connectivity index (χ4n) is 1.09. The van der Waals surface area contributed by atoms with Crippen LogP contribution in [0.2, 0.25) is 0 Å². The van der Waals surface area contributed by atoms with Crippen LogP contribution in [0.15, 0.2) is 17.5 Å². The highest BCUT2D eigenvalue weighted by molar-refractivity contribution is 7.98. The molecule has 1 aromatic rings. The summed E-state index contributed by atoms with van der Waals surface area (Å²) in [4.78, 5) is 12.7. The number of rotatable bonds is 6. The molecule has 0 fully saturated rings. The van der Waals surface area contributed by atoms with Gasteiger partial charge in [-0.25, -0.2) is 0 Å². The molecule has 5 heteroatoms. The van der Waals surface area contributed by atoms with Crippen molar-refractivity contribution in [3.63, 3.8) is 0 Å². The number of hydrogen-bond donors (Lipinski definition) is 2. The maximum atomic E-state index is 11.5. The van der Waals surface area contributed by atoms with Crippen molar-refractivity contribution in [2.45, 2.75) is 19.0 Å². The van der Waals surface area contributed by atoms with Gasteiger partial charge < -0.3 is 11.1 Å². The standard InChI is InChI=1S/C10H16N2OS2/c1-14-6-4-9(11)10(13)12-7-8-3-2-5-15-8/h2-3,5,9H,4,6-7,11H2,1H3,(H,12,13)/t9-/m0/s1. The molecule has 0 bridgehead atoms. The number of thioether (sulfide) groups is 1. The van der Waals surface area contributed by atoms with E-state index >= 15 is 0 Å². The van der Waals surface area contributed by atoms with Gasteiger partial charge in [-0.05, 0) is 29.9 Å². The van der Waals surface area contributed by atoms with Crippen LogP contribution >= 0.6 is 23.1 Å². The number of hydrogen-bond acceptors (Lipinski definition) is 4. The summed E-state index contributed by atoms with van der Waals surface area (Å²) in [7, 11) is 0. The zero-order chi connectivity index (χ0) is 11.1. The highest BCUT2D eigenvalue weighted by Gasteiger charge is 2.11. The SMILES string of the molecule is CSCC[C@H](N)C(=O)NCc1cccs1. The van der Waals surface area contributed by atoms with E-state index in [0.717, 1.165) is 17.1 Å². The molecule has 1 atom stereocenters. The first-order valence-corrected chi connectivity index (χ1v) is 7.06. The van der Waals surface area contributed by atoms with Crippen LogP contribution in [0, 0.1) is 0 Å². The Labute approximate surface area is 98.4 Å². The third-order valence-electron chi connectivity index (χ3n) is 1.99. The van der Waals surface area contributed by atoms with E-state index in [4.69, 9.17) is 5.73 Å². The summed E-state index contributed by atoms with van der Waals surface area (Å²) in [6.07, 6.45) is 2.74. The van der Waals surface area contributed by atoms with Crippen LogP contribution < -0.4 is 11.1 Å². The highest BCUT2D eigenvalue weighted by atomic mass is 32.2. The first-order chi connectivity index (χ1) is 7.24. The van der Waals surface area contributed by atoms with Gasteiger partial charge in [0.1, 0.15) is 0 Å². The monoisotopic (exact) mass is 244 g/mol. The molecule has 3 N–H and O–H groups in total. The number of nitrogens with two attached hydrogens (primary N) is 1. The summed E-state index contributed by atoms with van der Waals surface area (Å²) < 4.78 is 0. The number of thiophene rings is 1. The highest BCUT2D eigenvalue weighted by Crippen LogP contribution is 2.07. The molecule has 0 aliphatic carbocycles. The number of amides is 1. The summed E-state index contributed by atoms with van der Waals surface area (Å²) >= 11 is 3.34. The van der Waals surface area contributed by atoms with Gasteiger partial charge in [-0.2, -0.15) is 11.8 Å². The zero-order valence-electron chi connectivity index (χ0n) is 8.73. The van der Waals surface area contributed by atoms with Crippen molar-refractivity contribution in [2.24, 2.45) is 5.73 Å². The molecule has 0 aliphatic heterocycles. The number of carbonyl (C=O) groups excluding carboxylic acids is 1. The third kappa shape index (κ3) is 4.68. The van der Waals surface area contributed by atoms with Gasteiger partial charge in [0.05, 0.1) is 12.6 Å². The predicted molar refractivity (Wildman–Crippen MR) is 67.1 cm³/mol. The molecule has 0 saturated carbocycles. The molecule has 1 amide bonds. The van der Waals surface area contributed by atoms with Gasteiger partial charge in [-0.1, -0.05) is 6.07 Å². The molecule has 84 valence electrons. The van der Waals surface area contributed by atoms with Crippen LogP contribution in [-0.2, 0) is 11.3 Å². The lowest BCUT2D eigenvalue weighted by Crippen LogP contribution is -2.40. The molecule has 1 heterocycles. The average Bonchev–Trinajstić information content (AvgIpc) is 2.75. The van der Waals surface area contributed by atoms with Gasteiger partial charge in [0, 0.05) is 4.88 Å². The second-order valence-electron chi connectivity index (χ2n) is 3.19. The first-order valence-electron chi connectivity index (χ1n) is 4.78.